The summed E-state index contributed by atoms with van der Waals surface area (Å²) in [5, 5.41) is 16.0. The van der Waals surface area contributed by atoms with Crippen molar-refractivity contribution in [1.82, 2.24) is 24.7 Å². The maximum absolute atomic E-state index is 12.1. The zero-order valence-corrected chi connectivity index (χ0v) is 16.2. The molecule has 0 atom stereocenters. The number of aryl methyl sites for hydroxylation is 1. The van der Waals surface area contributed by atoms with E-state index in [1.807, 2.05) is 19.2 Å². The molecule has 0 unspecified atom stereocenters. The summed E-state index contributed by atoms with van der Waals surface area (Å²) in [5.41, 5.74) is 1.57. The van der Waals surface area contributed by atoms with E-state index in [1.165, 1.54) is 0 Å². The molecular formula is C17H19ClN6O2S. The number of halogens is 1. The maximum atomic E-state index is 12.1. The summed E-state index contributed by atoms with van der Waals surface area (Å²) in [6.45, 7) is 2.51. The van der Waals surface area contributed by atoms with E-state index in [2.05, 4.69) is 25.3 Å². The summed E-state index contributed by atoms with van der Waals surface area (Å²) in [6, 6.07) is 12.1. The zero-order valence-electron chi connectivity index (χ0n) is 14.6. The molecule has 0 saturated heterocycles. The summed E-state index contributed by atoms with van der Waals surface area (Å²) >= 11 is 5.80. The van der Waals surface area contributed by atoms with Crippen LogP contribution in [0.4, 0.5) is 5.82 Å². The summed E-state index contributed by atoms with van der Waals surface area (Å²) in [7, 11) is -3.42. The lowest BCUT2D eigenvalue weighted by Gasteiger charge is -2.08. The first-order valence-corrected chi connectivity index (χ1v) is 10.3. The highest BCUT2D eigenvalue weighted by Crippen LogP contribution is 2.11. The van der Waals surface area contributed by atoms with E-state index in [4.69, 9.17) is 11.6 Å². The third kappa shape index (κ3) is 5.75. The van der Waals surface area contributed by atoms with Crippen molar-refractivity contribution in [2.75, 3.05) is 18.4 Å². The van der Waals surface area contributed by atoms with Crippen LogP contribution in [0.1, 0.15) is 11.3 Å². The van der Waals surface area contributed by atoms with Gasteiger partial charge in [0.25, 0.3) is 0 Å². The standard InChI is InChI=1S/C17H19ClN6O2S/c1-13-8-11-24(23-13)17-7-6-16(21-22-17)19-9-10-20-27(25,26)12-14-2-4-15(18)5-3-14/h2-8,11,20H,9-10,12H2,1H3,(H,19,21). The minimum absolute atomic E-state index is 0.0953. The summed E-state index contributed by atoms with van der Waals surface area (Å²) in [4.78, 5) is 0. The molecule has 10 heteroatoms. The fourth-order valence-corrected chi connectivity index (χ4v) is 3.60. The molecule has 27 heavy (non-hydrogen) atoms. The SMILES string of the molecule is Cc1ccn(-c2ccc(NCCNS(=O)(=O)Cc3ccc(Cl)cc3)nn2)n1. The molecule has 1 aromatic carbocycles. The molecule has 8 nitrogen and oxygen atoms in total. The summed E-state index contributed by atoms with van der Waals surface area (Å²) in [6.07, 6.45) is 1.81. The predicted octanol–water partition coefficient (Wildman–Crippen LogP) is 2.16. The quantitative estimate of drug-likeness (QED) is 0.556. The van der Waals surface area contributed by atoms with Crippen molar-refractivity contribution in [2.45, 2.75) is 12.7 Å². The molecule has 2 aromatic heterocycles. The number of aromatic nitrogens is 4. The van der Waals surface area contributed by atoms with Gasteiger partial charge in [-0.3, -0.25) is 0 Å². The highest BCUT2D eigenvalue weighted by Gasteiger charge is 2.10. The van der Waals surface area contributed by atoms with Gasteiger partial charge in [0.05, 0.1) is 11.4 Å². The van der Waals surface area contributed by atoms with E-state index in [-0.39, 0.29) is 12.3 Å². The number of nitrogens with zero attached hydrogens (tertiary/aromatic N) is 4. The zero-order chi connectivity index (χ0) is 19.3. The van der Waals surface area contributed by atoms with Crippen molar-refractivity contribution in [3.05, 3.63) is 64.9 Å². The molecule has 0 fully saturated rings. The van der Waals surface area contributed by atoms with Crippen LogP contribution in [0, 0.1) is 6.92 Å². The number of hydrogen-bond donors (Lipinski definition) is 2. The van der Waals surface area contributed by atoms with Crippen molar-refractivity contribution in [1.29, 1.82) is 0 Å². The van der Waals surface area contributed by atoms with Gasteiger partial charge in [0.1, 0.15) is 5.82 Å². The average Bonchev–Trinajstić information content (AvgIpc) is 3.07. The van der Waals surface area contributed by atoms with Crippen LogP contribution in [0.5, 0.6) is 0 Å². The second-order valence-electron chi connectivity index (χ2n) is 5.89. The van der Waals surface area contributed by atoms with Gasteiger partial charge in [0.2, 0.25) is 10.0 Å². The molecular weight excluding hydrogens is 388 g/mol. The number of anilines is 1. The van der Waals surface area contributed by atoms with Gasteiger partial charge in [-0.15, -0.1) is 10.2 Å². The molecule has 0 bridgehead atoms. The highest BCUT2D eigenvalue weighted by molar-refractivity contribution is 7.88. The van der Waals surface area contributed by atoms with E-state index >= 15 is 0 Å². The molecule has 0 amide bonds. The number of sulfonamides is 1. The van der Waals surface area contributed by atoms with E-state index in [9.17, 15) is 8.42 Å². The average molecular weight is 407 g/mol. The van der Waals surface area contributed by atoms with Crippen molar-refractivity contribution >= 4 is 27.4 Å². The van der Waals surface area contributed by atoms with E-state index in [0.29, 0.717) is 28.8 Å². The number of nitrogens with one attached hydrogen (secondary N) is 2. The Kier molecular flexibility index (Phi) is 6.04. The van der Waals surface area contributed by atoms with Crippen molar-refractivity contribution in [3.8, 4) is 5.82 Å². The van der Waals surface area contributed by atoms with Crippen LogP contribution in [0.3, 0.4) is 0 Å². The predicted molar refractivity (Wildman–Crippen MR) is 104 cm³/mol. The van der Waals surface area contributed by atoms with E-state index in [0.717, 1.165) is 5.69 Å². The van der Waals surface area contributed by atoms with E-state index in [1.54, 1.807) is 41.1 Å². The van der Waals surface area contributed by atoms with Crippen molar-refractivity contribution < 1.29 is 8.42 Å². The van der Waals surface area contributed by atoms with Crippen molar-refractivity contribution in [2.24, 2.45) is 0 Å². The van der Waals surface area contributed by atoms with Crippen LogP contribution in [0.2, 0.25) is 5.02 Å². The molecule has 2 N–H and O–H groups in total. The minimum Gasteiger partial charge on any atom is -0.367 e. The Morgan fingerprint density at radius 2 is 1.81 bits per heavy atom. The molecule has 0 aliphatic carbocycles. The first-order chi connectivity index (χ1) is 12.9. The van der Waals surface area contributed by atoms with Crippen LogP contribution < -0.4 is 10.0 Å². The topological polar surface area (TPSA) is 102 Å². The van der Waals surface area contributed by atoms with Gasteiger partial charge >= 0.3 is 0 Å². The van der Waals surface area contributed by atoms with Gasteiger partial charge < -0.3 is 5.32 Å². The third-order valence-corrected chi connectivity index (χ3v) is 5.24. The molecule has 2 heterocycles. The van der Waals surface area contributed by atoms with Gasteiger partial charge in [-0.25, -0.2) is 17.8 Å². The molecule has 0 saturated carbocycles. The first kappa shape index (κ1) is 19.3. The molecule has 0 aliphatic rings. The second kappa shape index (κ2) is 8.47. The Hall–Kier alpha value is -2.49. The van der Waals surface area contributed by atoms with Crippen molar-refractivity contribution in [3.63, 3.8) is 0 Å². The summed E-state index contributed by atoms with van der Waals surface area (Å²) < 4.78 is 28.4. The smallest absolute Gasteiger partial charge is 0.215 e. The Morgan fingerprint density at radius 3 is 2.44 bits per heavy atom. The fourth-order valence-electron chi connectivity index (χ4n) is 2.33. The van der Waals surface area contributed by atoms with Gasteiger partial charge in [-0.1, -0.05) is 23.7 Å². The van der Waals surface area contributed by atoms with Crippen LogP contribution in [0.25, 0.3) is 5.82 Å². The van der Waals surface area contributed by atoms with Crippen LogP contribution >= 0.6 is 11.6 Å². The number of benzene rings is 1. The second-order valence-corrected chi connectivity index (χ2v) is 8.13. The van der Waals surface area contributed by atoms with Crippen LogP contribution in [0.15, 0.2) is 48.7 Å². The largest absolute Gasteiger partial charge is 0.367 e. The Balaban J connectivity index is 1.46. The number of hydrogen-bond acceptors (Lipinski definition) is 6. The molecule has 142 valence electrons. The fraction of sp³-hybridized carbons (Fsp3) is 0.235. The summed E-state index contributed by atoms with van der Waals surface area (Å²) in [5.74, 6) is 1.07. The lowest BCUT2D eigenvalue weighted by molar-refractivity contribution is 0.582. The molecule has 0 aliphatic heterocycles. The Bertz CT molecular complexity index is 987. The Morgan fingerprint density at radius 1 is 1.04 bits per heavy atom. The normalized spacial score (nSPS) is 11.5. The monoisotopic (exact) mass is 406 g/mol. The number of rotatable bonds is 8. The minimum atomic E-state index is -3.42. The molecule has 3 aromatic rings. The van der Waals surface area contributed by atoms with Crippen LogP contribution in [-0.2, 0) is 15.8 Å². The van der Waals surface area contributed by atoms with E-state index < -0.39 is 10.0 Å². The highest BCUT2D eigenvalue weighted by atomic mass is 35.5. The lowest BCUT2D eigenvalue weighted by atomic mass is 10.2. The maximum Gasteiger partial charge on any atom is 0.215 e. The first-order valence-electron chi connectivity index (χ1n) is 8.23. The third-order valence-electron chi connectivity index (χ3n) is 3.63. The molecule has 0 radical (unpaired) electrons. The van der Waals surface area contributed by atoms with Gasteiger partial charge in [0, 0.05) is 24.3 Å². The van der Waals surface area contributed by atoms with Gasteiger partial charge in [-0.2, -0.15) is 5.10 Å². The molecule has 0 spiro atoms. The van der Waals surface area contributed by atoms with Gasteiger partial charge in [-0.05, 0) is 42.8 Å². The Labute approximate surface area is 162 Å². The van der Waals surface area contributed by atoms with Crippen LogP contribution in [-0.4, -0.2) is 41.5 Å². The lowest BCUT2D eigenvalue weighted by Crippen LogP contribution is -2.30. The molecule has 3 rings (SSSR count). The van der Waals surface area contributed by atoms with Gasteiger partial charge in [0.15, 0.2) is 5.82 Å².